The third kappa shape index (κ3) is 5.71. The molecule has 1 saturated heterocycles. The van der Waals surface area contributed by atoms with Crippen LogP contribution in [0.3, 0.4) is 0 Å². The molecule has 2 aromatic heterocycles. The molecule has 0 spiro atoms. The van der Waals surface area contributed by atoms with Crippen LogP contribution in [0.4, 0.5) is 5.82 Å². The van der Waals surface area contributed by atoms with E-state index in [4.69, 9.17) is 19.2 Å². The van der Waals surface area contributed by atoms with Gasteiger partial charge in [0.25, 0.3) is 0 Å². The van der Waals surface area contributed by atoms with Crippen molar-refractivity contribution in [3.63, 3.8) is 0 Å². The van der Waals surface area contributed by atoms with Gasteiger partial charge < -0.3 is 19.5 Å². The largest absolute Gasteiger partial charge is 0.497 e. The number of benzene rings is 2. The van der Waals surface area contributed by atoms with Crippen LogP contribution >= 0.6 is 0 Å². The van der Waals surface area contributed by atoms with Crippen molar-refractivity contribution in [2.75, 3.05) is 25.6 Å². The molecule has 1 N–H and O–H groups in total. The Labute approximate surface area is 205 Å². The zero-order valence-electron chi connectivity index (χ0n) is 20.0. The first-order valence-corrected chi connectivity index (χ1v) is 12.2. The molecule has 5 rings (SSSR count). The first kappa shape index (κ1) is 23.1. The number of anilines is 1. The maximum absolute atomic E-state index is 6.01. The molecule has 0 aliphatic carbocycles. The number of ether oxygens (including phenoxy) is 3. The van der Waals surface area contributed by atoms with Crippen LogP contribution in [0.25, 0.3) is 11.2 Å². The average molecular weight is 474 g/mol. The van der Waals surface area contributed by atoms with E-state index in [1.807, 2.05) is 34.9 Å². The van der Waals surface area contributed by atoms with E-state index in [9.17, 15) is 0 Å². The fourth-order valence-electron chi connectivity index (χ4n) is 4.25. The summed E-state index contributed by atoms with van der Waals surface area (Å²) in [6, 6.07) is 18.7. The maximum Gasteiger partial charge on any atom is 0.320 e. The Balaban J connectivity index is 1.34. The first-order valence-electron chi connectivity index (χ1n) is 12.2. The Morgan fingerprint density at radius 1 is 1.03 bits per heavy atom. The van der Waals surface area contributed by atoms with Crippen molar-refractivity contribution in [2.24, 2.45) is 0 Å². The summed E-state index contributed by atoms with van der Waals surface area (Å²) < 4.78 is 19.3. The molecule has 8 nitrogen and oxygen atoms in total. The smallest absolute Gasteiger partial charge is 0.320 e. The van der Waals surface area contributed by atoms with Crippen LogP contribution in [0.15, 0.2) is 60.9 Å². The summed E-state index contributed by atoms with van der Waals surface area (Å²) in [7, 11) is 1.67. The Morgan fingerprint density at radius 3 is 2.66 bits per heavy atom. The maximum atomic E-state index is 6.01. The average Bonchev–Trinajstić information content (AvgIpc) is 3.35. The number of rotatable bonds is 10. The van der Waals surface area contributed by atoms with Crippen LogP contribution in [-0.2, 0) is 17.7 Å². The molecule has 0 bridgehead atoms. The number of aromatic nitrogens is 4. The van der Waals surface area contributed by atoms with E-state index >= 15 is 0 Å². The number of nitrogens with one attached hydrogen (secondary N) is 1. The van der Waals surface area contributed by atoms with Gasteiger partial charge in [-0.25, -0.2) is 4.98 Å². The highest BCUT2D eigenvalue weighted by Gasteiger charge is 2.21. The summed E-state index contributed by atoms with van der Waals surface area (Å²) in [5.41, 5.74) is 3.84. The molecule has 1 unspecified atom stereocenters. The highest BCUT2D eigenvalue weighted by Crippen LogP contribution is 2.29. The second-order valence-electron chi connectivity index (χ2n) is 8.64. The van der Waals surface area contributed by atoms with Gasteiger partial charge in [0.15, 0.2) is 17.0 Å². The fraction of sp³-hybridized carbons (Fsp3) is 0.370. The number of imidazole rings is 1. The molecule has 2 aromatic carbocycles. The van der Waals surface area contributed by atoms with Gasteiger partial charge in [0.2, 0.25) is 0 Å². The standard InChI is InChI=1S/C27H31N5O3/c1-33-22-14-12-21(13-15-22)18-28-25-24-26(32(19-29-24)23-11-5-6-16-34-23)31-27(30-25)35-17-7-10-20-8-3-2-4-9-20/h2-4,8-9,12-15,19,23H,5-7,10-11,16-18H2,1H3,(H,28,30,31). The Morgan fingerprint density at radius 2 is 1.89 bits per heavy atom. The summed E-state index contributed by atoms with van der Waals surface area (Å²) in [6.45, 7) is 1.88. The minimum atomic E-state index is -0.0657. The molecule has 1 aliphatic heterocycles. The van der Waals surface area contributed by atoms with E-state index < -0.39 is 0 Å². The van der Waals surface area contributed by atoms with Crippen molar-refractivity contribution in [3.8, 4) is 11.8 Å². The molecular formula is C27H31N5O3. The number of aryl methyl sites for hydroxylation is 1. The lowest BCUT2D eigenvalue weighted by Gasteiger charge is -2.23. The zero-order chi connectivity index (χ0) is 23.9. The van der Waals surface area contributed by atoms with Gasteiger partial charge in [-0.1, -0.05) is 42.5 Å². The van der Waals surface area contributed by atoms with Crippen LogP contribution < -0.4 is 14.8 Å². The van der Waals surface area contributed by atoms with Crippen molar-refractivity contribution in [3.05, 3.63) is 72.1 Å². The molecule has 0 saturated carbocycles. The van der Waals surface area contributed by atoms with Gasteiger partial charge in [-0.15, -0.1) is 0 Å². The molecule has 4 aromatic rings. The first-order chi connectivity index (χ1) is 17.3. The molecule has 0 amide bonds. The molecule has 182 valence electrons. The predicted molar refractivity (Wildman–Crippen MR) is 135 cm³/mol. The number of hydrogen-bond acceptors (Lipinski definition) is 7. The number of nitrogens with zero attached hydrogens (tertiary/aromatic N) is 4. The van der Waals surface area contributed by atoms with Crippen molar-refractivity contribution in [1.29, 1.82) is 0 Å². The lowest BCUT2D eigenvalue weighted by molar-refractivity contribution is -0.0298. The van der Waals surface area contributed by atoms with Crippen molar-refractivity contribution in [2.45, 2.75) is 44.9 Å². The van der Waals surface area contributed by atoms with Gasteiger partial charge >= 0.3 is 6.01 Å². The summed E-state index contributed by atoms with van der Waals surface area (Å²) in [5.74, 6) is 1.48. The number of fused-ring (bicyclic) bond motifs is 1. The van der Waals surface area contributed by atoms with E-state index in [-0.39, 0.29) is 6.23 Å². The normalized spacial score (nSPS) is 15.7. The molecule has 1 fully saturated rings. The third-order valence-electron chi connectivity index (χ3n) is 6.17. The Hall–Kier alpha value is -3.65. The highest BCUT2D eigenvalue weighted by atomic mass is 16.5. The molecule has 1 atom stereocenters. The van der Waals surface area contributed by atoms with Gasteiger partial charge in [0, 0.05) is 13.2 Å². The van der Waals surface area contributed by atoms with Gasteiger partial charge in [-0.05, 0) is 55.4 Å². The number of hydrogen-bond donors (Lipinski definition) is 1. The van der Waals surface area contributed by atoms with Crippen molar-refractivity contribution in [1.82, 2.24) is 19.5 Å². The van der Waals surface area contributed by atoms with E-state index in [1.165, 1.54) is 5.56 Å². The fourth-order valence-corrected chi connectivity index (χ4v) is 4.25. The molecule has 0 radical (unpaired) electrons. The Bertz CT molecular complexity index is 1220. The summed E-state index contributed by atoms with van der Waals surface area (Å²) >= 11 is 0. The Kier molecular flexibility index (Phi) is 7.38. The summed E-state index contributed by atoms with van der Waals surface area (Å²) in [6.07, 6.45) is 6.71. The van der Waals surface area contributed by atoms with Gasteiger partial charge in [0.1, 0.15) is 12.0 Å². The lowest BCUT2D eigenvalue weighted by Crippen LogP contribution is -2.18. The van der Waals surface area contributed by atoms with E-state index in [0.717, 1.165) is 55.7 Å². The summed E-state index contributed by atoms with van der Waals surface area (Å²) in [5, 5.41) is 3.43. The van der Waals surface area contributed by atoms with Crippen molar-refractivity contribution >= 4 is 17.0 Å². The van der Waals surface area contributed by atoms with Gasteiger partial charge in [-0.3, -0.25) is 4.57 Å². The minimum Gasteiger partial charge on any atom is -0.497 e. The van der Waals surface area contributed by atoms with E-state index in [0.29, 0.717) is 30.5 Å². The zero-order valence-corrected chi connectivity index (χ0v) is 20.0. The van der Waals surface area contributed by atoms with Crippen LogP contribution in [-0.4, -0.2) is 39.8 Å². The molecule has 35 heavy (non-hydrogen) atoms. The molecule has 8 heteroatoms. The molecular weight excluding hydrogens is 442 g/mol. The second-order valence-corrected chi connectivity index (χ2v) is 8.64. The second kappa shape index (κ2) is 11.2. The molecule has 3 heterocycles. The lowest BCUT2D eigenvalue weighted by atomic mass is 10.1. The van der Waals surface area contributed by atoms with Gasteiger partial charge in [0.05, 0.1) is 20.0 Å². The number of methoxy groups -OCH3 is 1. The highest BCUT2D eigenvalue weighted by molar-refractivity contribution is 5.83. The van der Waals surface area contributed by atoms with E-state index in [1.54, 1.807) is 13.4 Å². The quantitative estimate of drug-likeness (QED) is 0.319. The monoisotopic (exact) mass is 473 g/mol. The van der Waals surface area contributed by atoms with Gasteiger partial charge in [-0.2, -0.15) is 9.97 Å². The molecule has 1 aliphatic rings. The summed E-state index contributed by atoms with van der Waals surface area (Å²) in [4.78, 5) is 14.0. The van der Waals surface area contributed by atoms with E-state index in [2.05, 4.69) is 39.6 Å². The topological polar surface area (TPSA) is 83.3 Å². The van der Waals surface area contributed by atoms with Crippen LogP contribution in [0.2, 0.25) is 0 Å². The minimum absolute atomic E-state index is 0.0657. The SMILES string of the molecule is COc1ccc(CNc2nc(OCCCc3ccccc3)nc3c2ncn3C2CCCCO2)cc1. The van der Waals surface area contributed by atoms with Crippen LogP contribution in [0.1, 0.15) is 43.0 Å². The van der Waals surface area contributed by atoms with Crippen LogP contribution in [0.5, 0.6) is 11.8 Å². The third-order valence-corrected chi connectivity index (χ3v) is 6.17. The van der Waals surface area contributed by atoms with Crippen molar-refractivity contribution < 1.29 is 14.2 Å². The predicted octanol–water partition coefficient (Wildman–Crippen LogP) is 5.16. The van der Waals surface area contributed by atoms with Crippen LogP contribution in [0, 0.1) is 0 Å².